The fourth-order valence-corrected chi connectivity index (χ4v) is 6.50. The number of urea groups is 1. The van der Waals surface area contributed by atoms with Gasteiger partial charge in [-0.1, -0.05) is 89.9 Å². The number of halogens is 2. The maximum atomic E-state index is 13.8. The molecule has 0 aromatic heterocycles. The molecular weight excluding hydrogens is 555 g/mol. The number of hydrogen-bond acceptors (Lipinski definition) is 3. The molecule has 1 saturated heterocycles. The van der Waals surface area contributed by atoms with Gasteiger partial charge in [-0.2, -0.15) is 0 Å². The highest BCUT2D eigenvalue weighted by Gasteiger charge is 2.61. The maximum Gasteiger partial charge on any atom is 0.317 e. The van der Waals surface area contributed by atoms with Crippen molar-refractivity contribution in [2.24, 2.45) is 5.92 Å². The van der Waals surface area contributed by atoms with E-state index in [1.807, 2.05) is 48.5 Å². The van der Waals surface area contributed by atoms with E-state index in [0.717, 1.165) is 56.4 Å². The first-order valence-electron chi connectivity index (χ1n) is 14.3. The summed E-state index contributed by atoms with van der Waals surface area (Å²) in [5.41, 5.74) is 2.20. The molecule has 1 aliphatic heterocycles. The normalized spacial score (nSPS) is 21.6. The van der Waals surface area contributed by atoms with Crippen LogP contribution in [0.25, 0.3) is 0 Å². The highest BCUT2D eigenvalue weighted by atomic mass is 35.5. The molecule has 2 atom stereocenters. The van der Waals surface area contributed by atoms with Crippen LogP contribution in [0.3, 0.4) is 0 Å². The highest BCUT2D eigenvalue weighted by molar-refractivity contribution is 6.42. The van der Waals surface area contributed by atoms with E-state index in [0.29, 0.717) is 16.6 Å². The largest absolute Gasteiger partial charge is 0.355 e. The molecule has 2 N–H and O–H groups in total. The maximum absolute atomic E-state index is 13.8. The van der Waals surface area contributed by atoms with Crippen LogP contribution >= 0.6 is 23.2 Å². The van der Waals surface area contributed by atoms with Crippen molar-refractivity contribution in [3.05, 3.63) is 106 Å². The van der Waals surface area contributed by atoms with Crippen molar-refractivity contribution in [2.75, 3.05) is 40.3 Å². The number of rotatable bonds is 9. The van der Waals surface area contributed by atoms with Gasteiger partial charge in [0.25, 0.3) is 0 Å². The molecular formula is C33H38Cl2N4O2. The summed E-state index contributed by atoms with van der Waals surface area (Å²) in [7, 11) is 3.54. The van der Waals surface area contributed by atoms with Crippen LogP contribution in [0.2, 0.25) is 10.0 Å². The second kappa shape index (κ2) is 12.4. The zero-order valence-corrected chi connectivity index (χ0v) is 25.2. The van der Waals surface area contributed by atoms with Crippen LogP contribution in [0.1, 0.15) is 36.0 Å². The van der Waals surface area contributed by atoms with E-state index < -0.39 is 11.0 Å². The molecule has 2 fully saturated rings. The van der Waals surface area contributed by atoms with Crippen LogP contribution < -0.4 is 10.6 Å². The summed E-state index contributed by atoms with van der Waals surface area (Å²) in [6.07, 6.45) is 3.14. The van der Waals surface area contributed by atoms with Crippen LogP contribution in [-0.4, -0.2) is 62.0 Å². The summed E-state index contributed by atoms with van der Waals surface area (Å²) in [5, 5.41) is 7.48. The summed E-state index contributed by atoms with van der Waals surface area (Å²) in [6.45, 7) is 3.03. The van der Waals surface area contributed by atoms with Gasteiger partial charge in [0.05, 0.1) is 21.0 Å². The number of amides is 3. The fraction of sp³-hybridized carbons (Fsp3) is 0.394. The van der Waals surface area contributed by atoms with Crippen molar-refractivity contribution in [1.29, 1.82) is 0 Å². The van der Waals surface area contributed by atoms with E-state index in [2.05, 4.69) is 39.8 Å². The van der Waals surface area contributed by atoms with Crippen LogP contribution in [0.15, 0.2) is 78.9 Å². The molecule has 8 heteroatoms. The van der Waals surface area contributed by atoms with Gasteiger partial charge in [-0.3, -0.25) is 4.79 Å². The SMILES string of the molecule is CN(C)C(=O)NC1(c2ccccc2)CCN(CC2CC2(C(=O)NCCc2ccccc2)c2ccc(Cl)c(Cl)c2)CC1. The number of nitrogens with one attached hydrogen (secondary N) is 2. The topological polar surface area (TPSA) is 64.7 Å². The Balaban J connectivity index is 1.29. The van der Waals surface area contributed by atoms with Crippen molar-refractivity contribution in [3.8, 4) is 0 Å². The number of nitrogens with zero attached hydrogens (tertiary/aromatic N) is 2. The smallest absolute Gasteiger partial charge is 0.317 e. The minimum atomic E-state index is -0.627. The molecule has 216 valence electrons. The molecule has 41 heavy (non-hydrogen) atoms. The standard InChI is InChI=1S/C33H38Cl2N4O2/c1-38(2)31(41)37-32(25-11-7-4-8-12-25)16-19-39(20-17-32)23-27-22-33(27,26-13-14-28(34)29(35)21-26)30(40)36-18-15-24-9-5-3-6-10-24/h3-14,21,27H,15-20,22-23H2,1-2H3,(H,36,40)(H,37,41). The first kappa shape index (κ1) is 29.4. The molecule has 0 radical (unpaired) electrons. The number of likely N-dealkylation sites (tertiary alicyclic amines) is 1. The lowest BCUT2D eigenvalue weighted by Gasteiger charge is -2.43. The monoisotopic (exact) mass is 592 g/mol. The van der Waals surface area contributed by atoms with E-state index in [-0.39, 0.29) is 17.9 Å². The quantitative estimate of drug-likeness (QED) is 0.326. The lowest BCUT2D eigenvalue weighted by atomic mass is 9.80. The van der Waals surface area contributed by atoms with E-state index >= 15 is 0 Å². The summed E-state index contributed by atoms with van der Waals surface area (Å²) >= 11 is 12.7. The van der Waals surface area contributed by atoms with Crippen molar-refractivity contribution in [1.82, 2.24) is 20.4 Å². The van der Waals surface area contributed by atoms with Crippen LogP contribution in [0, 0.1) is 5.92 Å². The van der Waals surface area contributed by atoms with Gasteiger partial charge in [0.2, 0.25) is 5.91 Å². The Labute approximate surface area is 253 Å². The van der Waals surface area contributed by atoms with Gasteiger partial charge in [0.1, 0.15) is 0 Å². The van der Waals surface area contributed by atoms with Gasteiger partial charge in [-0.25, -0.2) is 4.79 Å². The van der Waals surface area contributed by atoms with Crippen molar-refractivity contribution < 1.29 is 9.59 Å². The zero-order valence-electron chi connectivity index (χ0n) is 23.7. The average Bonchev–Trinajstić information content (AvgIpc) is 3.71. The predicted octanol–water partition coefficient (Wildman–Crippen LogP) is 5.87. The summed E-state index contributed by atoms with van der Waals surface area (Å²) in [5.74, 6) is 0.211. The van der Waals surface area contributed by atoms with Crippen molar-refractivity contribution in [3.63, 3.8) is 0 Å². The molecule has 3 aromatic rings. The van der Waals surface area contributed by atoms with E-state index in [9.17, 15) is 9.59 Å². The van der Waals surface area contributed by atoms with E-state index in [1.165, 1.54) is 5.56 Å². The van der Waals surface area contributed by atoms with Gasteiger partial charge < -0.3 is 20.4 Å². The van der Waals surface area contributed by atoms with Crippen LogP contribution in [-0.2, 0) is 22.2 Å². The molecule has 1 heterocycles. The summed E-state index contributed by atoms with van der Waals surface area (Å²) in [6, 6.07) is 25.9. The molecule has 5 rings (SSSR count). The Hall–Kier alpha value is -3.06. The first-order valence-corrected chi connectivity index (χ1v) is 15.0. The van der Waals surface area contributed by atoms with Crippen LogP contribution in [0.4, 0.5) is 4.79 Å². The number of hydrogen-bond donors (Lipinski definition) is 2. The summed E-state index contributed by atoms with van der Waals surface area (Å²) in [4.78, 5) is 30.5. The van der Waals surface area contributed by atoms with E-state index in [4.69, 9.17) is 23.2 Å². The molecule has 2 unspecified atom stereocenters. The lowest BCUT2D eigenvalue weighted by molar-refractivity contribution is -0.124. The van der Waals surface area contributed by atoms with Gasteiger partial charge >= 0.3 is 6.03 Å². The number of carbonyl (C=O) groups excluding carboxylic acids is 2. The first-order chi connectivity index (χ1) is 19.7. The van der Waals surface area contributed by atoms with Crippen molar-refractivity contribution in [2.45, 2.75) is 36.6 Å². The zero-order chi connectivity index (χ0) is 29.0. The molecule has 3 aromatic carbocycles. The number of benzene rings is 3. The predicted molar refractivity (Wildman–Crippen MR) is 165 cm³/mol. The molecule has 0 bridgehead atoms. The van der Waals surface area contributed by atoms with Gasteiger partial charge in [0.15, 0.2) is 0 Å². The molecule has 2 aliphatic rings. The average molecular weight is 594 g/mol. The Morgan fingerprint density at radius 1 is 0.902 bits per heavy atom. The molecule has 0 spiro atoms. The number of piperidine rings is 1. The van der Waals surface area contributed by atoms with Gasteiger partial charge in [0, 0.05) is 40.3 Å². The Kier molecular flexibility index (Phi) is 8.93. The Morgan fingerprint density at radius 2 is 1.56 bits per heavy atom. The second-order valence-corrected chi connectivity index (χ2v) is 12.4. The van der Waals surface area contributed by atoms with E-state index in [1.54, 1.807) is 25.1 Å². The van der Waals surface area contributed by atoms with Gasteiger partial charge in [-0.05, 0) is 60.4 Å². The Bertz CT molecular complexity index is 1360. The third-order valence-corrected chi connectivity index (χ3v) is 9.49. The molecule has 3 amide bonds. The minimum Gasteiger partial charge on any atom is -0.355 e. The molecule has 1 aliphatic carbocycles. The second-order valence-electron chi connectivity index (χ2n) is 11.6. The molecule has 1 saturated carbocycles. The van der Waals surface area contributed by atoms with Crippen molar-refractivity contribution >= 4 is 35.1 Å². The number of carbonyl (C=O) groups is 2. The third kappa shape index (κ3) is 6.40. The Morgan fingerprint density at radius 3 is 2.20 bits per heavy atom. The molecule has 6 nitrogen and oxygen atoms in total. The lowest BCUT2D eigenvalue weighted by Crippen LogP contribution is -2.55. The minimum absolute atomic E-state index is 0.0470. The summed E-state index contributed by atoms with van der Waals surface area (Å²) < 4.78 is 0. The van der Waals surface area contributed by atoms with Crippen LogP contribution in [0.5, 0.6) is 0 Å². The third-order valence-electron chi connectivity index (χ3n) is 8.75. The fourth-order valence-electron chi connectivity index (χ4n) is 6.20. The van der Waals surface area contributed by atoms with Gasteiger partial charge in [-0.15, -0.1) is 0 Å². The highest BCUT2D eigenvalue weighted by Crippen LogP contribution is 2.56.